The minimum absolute atomic E-state index is 0.267. The highest BCUT2D eigenvalue weighted by Gasteiger charge is 2.18. The summed E-state index contributed by atoms with van der Waals surface area (Å²) in [7, 11) is -3.50. The molecule has 0 bridgehead atoms. The average Bonchev–Trinajstić information content (AvgIpc) is 3.17. The van der Waals surface area contributed by atoms with Gasteiger partial charge in [-0.05, 0) is 30.5 Å². The van der Waals surface area contributed by atoms with Crippen molar-refractivity contribution in [2.75, 3.05) is 0 Å². The monoisotopic (exact) mass is 340 g/mol. The quantitative estimate of drug-likeness (QED) is 0.774. The zero-order chi connectivity index (χ0) is 14.9. The van der Waals surface area contributed by atoms with E-state index in [0.29, 0.717) is 12.3 Å². The first-order valence-corrected chi connectivity index (χ1v) is 9.28. The van der Waals surface area contributed by atoms with Crippen LogP contribution in [-0.4, -0.2) is 13.6 Å². The molecule has 0 atom stereocenters. The molecule has 1 N–H and O–H groups in total. The Hall–Kier alpha value is -1.48. The Balaban J connectivity index is 1.78. The third kappa shape index (κ3) is 3.24. The Morgan fingerprint density at radius 3 is 2.86 bits per heavy atom. The zero-order valence-electron chi connectivity index (χ0n) is 11.1. The van der Waals surface area contributed by atoms with E-state index in [1.165, 1.54) is 11.3 Å². The van der Waals surface area contributed by atoms with Gasteiger partial charge in [-0.15, -0.1) is 22.7 Å². The van der Waals surface area contributed by atoms with Gasteiger partial charge in [0.2, 0.25) is 10.0 Å². The number of hydrogen-bond donors (Lipinski definition) is 1. The first-order valence-electron chi connectivity index (χ1n) is 6.10. The molecule has 5 nitrogen and oxygen atoms in total. The summed E-state index contributed by atoms with van der Waals surface area (Å²) in [4.78, 5) is 1.72. The lowest BCUT2D eigenvalue weighted by atomic mass is 10.3. The van der Waals surface area contributed by atoms with Crippen molar-refractivity contribution in [3.05, 3.63) is 46.3 Å². The largest absolute Gasteiger partial charge is 0.355 e. The fourth-order valence-corrected chi connectivity index (χ4v) is 4.77. The molecule has 0 aromatic carbocycles. The molecule has 21 heavy (non-hydrogen) atoms. The van der Waals surface area contributed by atoms with Crippen LogP contribution in [0.5, 0.6) is 0 Å². The summed E-state index contributed by atoms with van der Waals surface area (Å²) in [6.07, 6.45) is 0. The molecule has 0 saturated heterocycles. The van der Waals surface area contributed by atoms with Crippen molar-refractivity contribution in [2.45, 2.75) is 17.7 Å². The van der Waals surface area contributed by atoms with Crippen LogP contribution in [0.1, 0.15) is 10.6 Å². The molecule has 0 aliphatic rings. The summed E-state index contributed by atoms with van der Waals surface area (Å²) >= 11 is 2.68. The van der Waals surface area contributed by atoms with Crippen LogP contribution in [0.15, 0.2) is 44.4 Å². The van der Waals surface area contributed by atoms with Crippen molar-refractivity contribution in [3.8, 4) is 10.6 Å². The maximum atomic E-state index is 12.2. The number of hydrogen-bond acceptors (Lipinski definition) is 6. The van der Waals surface area contributed by atoms with Crippen LogP contribution in [0, 0.1) is 6.92 Å². The second-order valence-electron chi connectivity index (χ2n) is 4.36. The van der Waals surface area contributed by atoms with Crippen molar-refractivity contribution < 1.29 is 12.9 Å². The zero-order valence-corrected chi connectivity index (χ0v) is 13.5. The molecule has 0 fully saturated rings. The molecule has 0 spiro atoms. The Bertz CT molecular complexity index is 832. The molecule has 0 amide bonds. The van der Waals surface area contributed by atoms with Crippen LogP contribution in [0.25, 0.3) is 10.6 Å². The lowest BCUT2D eigenvalue weighted by Gasteiger charge is -2.02. The van der Waals surface area contributed by atoms with Crippen LogP contribution in [0.4, 0.5) is 0 Å². The van der Waals surface area contributed by atoms with E-state index in [9.17, 15) is 8.42 Å². The van der Waals surface area contributed by atoms with Gasteiger partial charge in [0.25, 0.3) is 0 Å². The predicted octanol–water partition coefficient (Wildman–Crippen LogP) is 3.25. The average molecular weight is 340 g/mol. The standard InChI is InChI=1S/C13H12N2O3S3/c1-9-7-11(18-15-9)12-4-5-13(20-12)21(16,17)14-8-10-3-2-6-19-10/h2-7,14H,8H2,1H3. The van der Waals surface area contributed by atoms with Gasteiger partial charge in [0.15, 0.2) is 5.76 Å². The number of thiophene rings is 2. The Labute approximate surface area is 130 Å². The molecule has 0 unspecified atom stereocenters. The highest BCUT2D eigenvalue weighted by Crippen LogP contribution is 2.31. The fraction of sp³-hybridized carbons (Fsp3) is 0.154. The van der Waals surface area contributed by atoms with E-state index in [-0.39, 0.29) is 4.21 Å². The van der Waals surface area contributed by atoms with E-state index >= 15 is 0 Å². The molecule has 0 aliphatic heterocycles. The van der Waals surface area contributed by atoms with Crippen molar-refractivity contribution in [3.63, 3.8) is 0 Å². The van der Waals surface area contributed by atoms with Gasteiger partial charge in [0, 0.05) is 17.5 Å². The lowest BCUT2D eigenvalue weighted by molar-refractivity contribution is 0.428. The number of aromatic nitrogens is 1. The van der Waals surface area contributed by atoms with Gasteiger partial charge in [-0.2, -0.15) is 0 Å². The van der Waals surface area contributed by atoms with Gasteiger partial charge in [-0.1, -0.05) is 11.2 Å². The van der Waals surface area contributed by atoms with Crippen LogP contribution >= 0.6 is 22.7 Å². The molecular weight excluding hydrogens is 328 g/mol. The normalized spacial score (nSPS) is 11.9. The van der Waals surface area contributed by atoms with Gasteiger partial charge in [-0.25, -0.2) is 13.1 Å². The molecule has 0 radical (unpaired) electrons. The molecule has 3 aromatic rings. The second kappa shape index (κ2) is 5.72. The Kier molecular flexibility index (Phi) is 3.94. The number of aryl methyl sites for hydroxylation is 1. The molecule has 110 valence electrons. The van der Waals surface area contributed by atoms with Crippen molar-refractivity contribution in [1.82, 2.24) is 9.88 Å². The molecule has 0 saturated carbocycles. The Morgan fingerprint density at radius 2 is 2.19 bits per heavy atom. The highest BCUT2D eigenvalue weighted by molar-refractivity contribution is 7.91. The lowest BCUT2D eigenvalue weighted by Crippen LogP contribution is -2.21. The third-order valence-electron chi connectivity index (χ3n) is 2.73. The number of nitrogens with zero attached hydrogens (tertiary/aromatic N) is 1. The smallest absolute Gasteiger partial charge is 0.250 e. The number of rotatable bonds is 5. The molecule has 3 aromatic heterocycles. The van der Waals surface area contributed by atoms with Crippen molar-refractivity contribution >= 4 is 32.7 Å². The van der Waals surface area contributed by atoms with Crippen LogP contribution < -0.4 is 4.72 Å². The van der Waals surface area contributed by atoms with Gasteiger partial charge >= 0.3 is 0 Å². The van der Waals surface area contributed by atoms with Crippen molar-refractivity contribution in [1.29, 1.82) is 0 Å². The van der Waals surface area contributed by atoms with Crippen LogP contribution in [-0.2, 0) is 16.6 Å². The summed E-state index contributed by atoms with van der Waals surface area (Å²) < 4.78 is 32.5. The summed E-state index contributed by atoms with van der Waals surface area (Å²) in [6, 6.07) is 8.87. The van der Waals surface area contributed by atoms with Gasteiger partial charge < -0.3 is 4.52 Å². The summed E-state index contributed by atoms with van der Waals surface area (Å²) in [5.74, 6) is 0.581. The van der Waals surface area contributed by atoms with Gasteiger partial charge in [0.05, 0.1) is 10.6 Å². The summed E-state index contributed by atoms with van der Waals surface area (Å²) in [5.41, 5.74) is 0.763. The third-order valence-corrected chi connectivity index (χ3v) is 6.60. The number of nitrogens with one attached hydrogen (secondary N) is 1. The van der Waals surface area contributed by atoms with E-state index in [4.69, 9.17) is 4.52 Å². The van der Waals surface area contributed by atoms with Crippen LogP contribution in [0.2, 0.25) is 0 Å². The molecule has 3 rings (SSSR count). The fourth-order valence-electron chi connectivity index (χ4n) is 1.73. The van der Waals surface area contributed by atoms with E-state index in [2.05, 4.69) is 9.88 Å². The van der Waals surface area contributed by atoms with E-state index in [1.807, 2.05) is 24.4 Å². The first kappa shape index (κ1) is 14.5. The minimum Gasteiger partial charge on any atom is -0.355 e. The molecule has 0 aliphatic carbocycles. The SMILES string of the molecule is Cc1cc(-c2ccc(S(=O)(=O)NCc3cccs3)s2)on1. The first-order chi connectivity index (χ1) is 10.0. The number of sulfonamides is 1. The summed E-state index contributed by atoms with van der Waals surface area (Å²) in [6.45, 7) is 2.12. The molecule has 3 heterocycles. The predicted molar refractivity (Wildman–Crippen MR) is 82.9 cm³/mol. The second-order valence-corrected chi connectivity index (χ2v) is 8.46. The van der Waals surface area contributed by atoms with E-state index in [0.717, 1.165) is 26.8 Å². The molecular formula is C13H12N2O3S3. The van der Waals surface area contributed by atoms with Gasteiger partial charge in [-0.3, -0.25) is 0 Å². The van der Waals surface area contributed by atoms with E-state index < -0.39 is 10.0 Å². The minimum atomic E-state index is -3.50. The maximum Gasteiger partial charge on any atom is 0.250 e. The topological polar surface area (TPSA) is 72.2 Å². The van der Waals surface area contributed by atoms with E-state index in [1.54, 1.807) is 18.2 Å². The summed E-state index contributed by atoms with van der Waals surface area (Å²) in [5, 5.41) is 5.72. The van der Waals surface area contributed by atoms with Crippen LogP contribution in [0.3, 0.4) is 0 Å². The Morgan fingerprint density at radius 1 is 1.33 bits per heavy atom. The molecule has 8 heteroatoms. The van der Waals surface area contributed by atoms with Gasteiger partial charge in [0.1, 0.15) is 4.21 Å². The van der Waals surface area contributed by atoms with Crippen molar-refractivity contribution in [2.24, 2.45) is 0 Å². The highest BCUT2D eigenvalue weighted by atomic mass is 32.2. The maximum absolute atomic E-state index is 12.2.